The van der Waals surface area contributed by atoms with Crippen LogP contribution in [0.15, 0.2) is 64.2 Å². The third kappa shape index (κ3) is 4.89. The van der Waals surface area contributed by atoms with Crippen LogP contribution in [0.25, 0.3) is 5.57 Å². The van der Waals surface area contributed by atoms with E-state index >= 15 is 0 Å². The molecule has 2 heterocycles. The van der Waals surface area contributed by atoms with Gasteiger partial charge in [0.1, 0.15) is 5.82 Å². The van der Waals surface area contributed by atoms with Crippen molar-refractivity contribution in [1.29, 1.82) is 0 Å². The molecule has 5 rings (SSSR count). The molecule has 0 atom stereocenters. The van der Waals surface area contributed by atoms with E-state index in [-0.39, 0.29) is 11.2 Å². The van der Waals surface area contributed by atoms with E-state index in [9.17, 15) is 19.5 Å². The molecule has 0 unspecified atom stereocenters. The summed E-state index contributed by atoms with van der Waals surface area (Å²) < 4.78 is 2.66. The molecule has 0 saturated carbocycles. The zero-order valence-electron chi connectivity index (χ0n) is 21.3. The van der Waals surface area contributed by atoms with Crippen LogP contribution in [-0.4, -0.2) is 57.8 Å². The van der Waals surface area contributed by atoms with E-state index in [0.29, 0.717) is 11.4 Å². The van der Waals surface area contributed by atoms with Crippen LogP contribution >= 0.6 is 0 Å². The van der Waals surface area contributed by atoms with Crippen molar-refractivity contribution in [2.45, 2.75) is 19.3 Å². The number of rotatable bonds is 5. The second-order valence-electron chi connectivity index (χ2n) is 9.81. The first-order valence-electron chi connectivity index (χ1n) is 12.7. The summed E-state index contributed by atoms with van der Waals surface area (Å²) in [6.45, 7) is 4.03. The van der Waals surface area contributed by atoms with Crippen LogP contribution < -0.4 is 16.1 Å². The van der Waals surface area contributed by atoms with Gasteiger partial charge in [0, 0.05) is 52.9 Å². The van der Waals surface area contributed by atoms with Gasteiger partial charge in [-0.1, -0.05) is 36.4 Å². The lowest BCUT2D eigenvalue weighted by Gasteiger charge is -2.36. The number of aromatic nitrogens is 2. The van der Waals surface area contributed by atoms with Crippen LogP contribution in [0.4, 0.5) is 5.82 Å². The number of hydrogen-bond acceptors (Lipinski definition) is 5. The molecular formula is C29H32N4O4. The molecular weight excluding hydrogens is 468 g/mol. The molecule has 0 amide bonds. The second-order valence-corrected chi connectivity index (χ2v) is 9.81. The van der Waals surface area contributed by atoms with Gasteiger partial charge < -0.3 is 10.0 Å². The molecule has 0 radical (unpaired) electrons. The van der Waals surface area contributed by atoms with E-state index in [1.807, 2.05) is 18.2 Å². The third-order valence-corrected chi connectivity index (χ3v) is 7.61. The zero-order valence-corrected chi connectivity index (χ0v) is 21.3. The Labute approximate surface area is 215 Å². The molecule has 2 aliphatic rings. The van der Waals surface area contributed by atoms with Gasteiger partial charge in [0.25, 0.3) is 5.56 Å². The molecule has 8 heteroatoms. The summed E-state index contributed by atoms with van der Waals surface area (Å²) in [7, 11) is 3.20. The number of aromatic carboxylic acids is 1. The van der Waals surface area contributed by atoms with Gasteiger partial charge in [-0.3, -0.25) is 18.8 Å². The van der Waals surface area contributed by atoms with Crippen molar-refractivity contribution >= 4 is 17.4 Å². The molecule has 8 nitrogen and oxygen atoms in total. The molecule has 1 aliphatic heterocycles. The van der Waals surface area contributed by atoms with Gasteiger partial charge in [-0.05, 0) is 59.2 Å². The predicted octanol–water partition coefficient (Wildman–Crippen LogP) is 2.52. The van der Waals surface area contributed by atoms with Gasteiger partial charge >= 0.3 is 11.7 Å². The lowest BCUT2D eigenvalue weighted by molar-refractivity contribution is 0.0697. The number of carbonyl (C=O) groups is 1. The summed E-state index contributed by atoms with van der Waals surface area (Å²) in [5, 5.41) is 9.58. The molecule has 192 valence electrons. The van der Waals surface area contributed by atoms with Crippen molar-refractivity contribution < 1.29 is 9.90 Å². The molecule has 0 spiro atoms. The Morgan fingerprint density at radius 3 is 2.32 bits per heavy atom. The Morgan fingerprint density at radius 1 is 0.892 bits per heavy atom. The Balaban J connectivity index is 1.33. The summed E-state index contributed by atoms with van der Waals surface area (Å²) in [6, 6.07) is 15.4. The fourth-order valence-corrected chi connectivity index (χ4v) is 5.43. The van der Waals surface area contributed by atoms with E-state index in [4.69, 9.17) is 0 Å². The van der Waals surface area contributed by atoms with E-state index in [1.165, 1.54) is 34.4 Å². The van der Waals surface area contributed by atoms with Crippen LogP contribution in [0, 0.1) is 0 Å². The molecule has 3 aromatic rings. The Bertz CT molecular complexity index is 1490. The lowest BCUT2D eigenvalue weighted by Crippen LogP contribution is -2.49. The van der Waals surface area contributed by atoms with Crippen LogP contribution in [0.1, 0.15) is 39.0 Å². The number of benzene rings is 2. The van der Waals surface area contributed by atoms with E-state index < -0.39 is 5.97 Å². The van der Waals surface area contributed by atoms with Crippen molar-refractivity contribution in [3.8, 4) is 0 Å². The molecule has 1 aliphatic carbocycles. The maximum Gasteiger partial charge on any atom is 0.335 e. The molecule has 0 bridgehead atoms. The Kier molecular flexibility index (Phi) is 6.84. The summed E-state index contributed by atoms with van der Waals surface area (Å²) in [6.07, 6.45) is 4.91. The number of aryl methyl sites for hydroxylation is 2. The average molecular weight is 501 g/mol. The maximum atomic E-state index is 12.3. The first-order chi connectivity index (χ1) is 17.8. The largest absolute Gasteiger partial charge is 0.478 e. The van der Waals surface area contributed by atoms with E-state index in [0.717, 1.165) is 67.7 Å². The highest BCUT2D eigenvalue weighted by atomic mass is 16.4. The summed E-state index contributed by atoms with van der Waals surface area (Å²) >= 11 is 0. The monoisotopic (exact) mass is 500 g/mol. The topological polar surface area (TPSA) is 87.8 Å². The number of hydrogen-bond donors (Lipinski definition) is 1. The van der Waals surface area contributed by atoms with Crippen molar-refractivity contribution in [2.24, 2.45) is 14.1 Å². The smallest absolute Gasteiger partial charge is 0.335 e. The van der Waals surface area contributed by atoms with E-state index in [1.54, 1.807) is 13.1 Å². The SMILES string of the molecule is Cn1c(N2CCN(CC/C=C3/c4ccccc4CCc4ccc(C(=O)O)cc43)CC2)cc(=O)n(C)c1=O. The molecule has 1 aromatic heterocycles. The standard InChI is InChI=1S/C29H32N4O4/c1-30-26(19-27(34)31(2)29(30)37)33-16-14-32(15-17-33)13-5-8-24-23-7-4-3-6-20(23)9-10-21-11-12-22(28(35)36)18-25(21)24/h3-4,6-8,11-12,18-19H,5,9-10,13-17H2,1-2H3,(H,35,36)/b24-8-. The van der Waals surface area contributed by atoms with Crippen LogP contribution in [0.3, 0.4) is 0 Å². The minimum absolute atomic E-state index is 0.290. The Morgan fingerprint density at radius 2 is 1.59 bits per heavy atom. The second kappa shape index (κ2) is 10.2. The highest BCUT2D eigenvalue weighted by Gasteiger charge is 2.22. The van der Waals surface area contributed by atoms with Gasteiger partial charge in [-0.15, -0.1) is 0 Å². The van der Waals surface area contributed by atoms with Gasteiger partial charge in [0.2, 0.25) is 0 Å². The van der Waals surface area contributed by atoms with Gasteiger partial charge in [-0.2, -0.15) is 0 Å². The van der Waals surface area contributed by atoms with Gasteiger partial charge in [-0.25, -0.2) is 9.59 Å². The number of nitrogens with zero attached hydrogens (tertiary/aromatic N) is 4. The van der Waals surface area contributed by atoms with Crippen molar-refractivity contribution in [3.63, 3.8) is 0 Å². The van der Waals surface area contributed by atoms with Crippen LogP contribution in [0.2, 0.25) is 0 Å². The highest BCUT2D eigenvalue weighted by Crippen LogP contribution is 2.34. The lowest BCUT2D eigenvalue weighted by atomic mass is 9.92. The van der Waals surface area contributed by atoms with Gasteiger partial charge in [0.05, 0.1) is 5.56 Å². The summed E-state index contributed by atoms with van der Waals surface area (Å²) in [5.41, 5.74) is 5.48. The first-order valence-corrected chi connectivity index (χ1v) is 12.7. The van der Waals surface area contributed by atoms with Crippen LogP contribution in [0.5, 0.6) is 0 Å². The number of carboxylic acids is 1. The third-order valence-electron chi connectivity index (χ3n) is 7.61. The number of fused-ring (bicyclic) bond motifs is 2. The summed E-state index contributed by atoms with van der Waals surface area (Å²) in [4.78, 5) is 40.6. The van der Waals surface area contributed by atoms with Crippen molar-refractivity contribution in [1.82, 2.24) is 14.0 Å². The predicted molar refractivity (Wildman–Crippen MR) is 145 cm³/mol. The number of carboxylic acid groups (broad SMARTS) is 1. The molecule has 1 saturated heterocycles. The van der Waals surface area contributed by atoms with Gasteiger partial charge in [0.15, 0.2) is 0 Å². The first kappa shape index (κ1) is 24.8. The molecule has 2 aromatic carbocycles. The molecule has 1 N–H and O–H groups in total. The average Bonchev–Trinajstić information content (AvgIpc) is 3.06. The zero-order chi connectivity index (χ0) is 26.1. The number of anilines is 1. The quantitative estimate of drug-likeness (QED) is 0.579. The van der Waals surface area contributed by atoms with Crippen LogP contribution in [-0.2, 0) is 26.9 Å². The highest BCUT2D eigenvalue weighted by molar-refractivity contribution is 5.91. The number of piperazine rings is 1. The molecule has 1 fully saturated rings. The maximum absolute atomic E-state index is 12.3. The van der Waals surface area contributed by atoms with Crippen molar-refractivity contribution in [2.75, 3.05) is 37.6 Å². The molecule has 37 heavy (non-hydrogen) atoms. The minimum Gasteiger partial charge on any atom is -0.478 e. The fourth-order valence-electron chi connectivity index (χ4n) is 5.43. The minimum atomic E-state index is -0.911. The van der Waals surface area contributed by atoms with Crippen molar-refractivity contribution in [3.05, 3.63) is 103 Å². The Hall–Kier alpha value is -3.91. The summed E-state index contributed by atoms with van der Waals surface area (Å²) in [5.74, 6) is -0.248. The van der Waals surface area contributed by atoms with E-state index in [2.05, 4.69) is 34.1 Å². The fraction of sp³-hybridized carbons (Fsp3) is 0.345. The normalized spacial score (nSPS) is 16.8.